The highest BCUT2D eigenvalue weighted by Crippen LogP contribution is 2.28. The first kappa shape index (κ1) is 28.3. The van der Waals surface area contributed by atoms with Crippen molar-refractivity contribution in [3.8, 4) is 5.75 Å². The fourth-order valence-corrected chi connectivity index (χ4v) is 4.87. The number of amides is 2. The van der Waals surface area contributed by atoms with Gasteiger partial charge in [-0.25, -0.2) is 0 Å². The van der Waals surface area contributed by atoms with Crippen molar-refractivity contribution in [2.45, 2.75) is 57.7 Å². The quantitative estimate of drug-likeness (QED) is 0.323. The Bertz CT molecular complexity index is 1260. The number of benzene rings is 3. The van der Waals surface area contributed by atoms with E-state index in [9.17, 15) is 14.7 Å². The van der Waals surface area contributed by atoms with E-state index in [1.165, 1.54) is 0 Å². The SMILES string of the molecule is COc1cccc(CNC[C@H](O)[C@H](Cc2ccccc2)NC(=O)c2cc(C(C)C)cc(N3CCCC3=O)c2)c1. The Hall–Kier alpha value is -3.68. The summed E-state index contributed by atoms with van der Waals surface area (Å²) in [5.41, 5.74) is 4.31. The minimum Gasteiger partial charge on any atom is -0.497 e. The van der Waals surface area contributed by atoms with Crippen molar-refractivity contribution in [3.63, 3.8) is 0 Å². The predicted molar refractivity (Wildman–Crippen MR) is 154 cm³/mol. The van der Waals surface area contributed by atoms with E-state index in [4.69, 9.17) is 4.74 Å². The lowest BCUT2D eigenvalue weighted by molar-refractivity contribution is -0.117. The van der Waals surface area contributed by atoms with Crippen molar-refractivity contribution < 1.29 is 19.4 Å². The third kappa shape index (κ3) is 7.68. The molecule has 1 aliphatic heterocycles. The van der Waals surface area contributed by atoms with Crippen molar-refractivity contribution in [2.75, 3.05) is 25.1 Å². The van der Waals surface area contributed by atoms with Gasteiger partial charge >= 0.3 is 0 Å². The van der Waals surface area contributed by atoms with E-state index in [1.807, 2.05) is 66.7 Å². The molecule has 0 bridgehead atoms. The fourth-order valence-electron chi connectivity index (χ4n) is 4.87. The Kier molecular flexibility index (Phi) is 9.74. The van der Waals surface area contributed by atoms with Gasteiger partial charge in [0.2, 0.25) is 5.91 Å². The van der Waals surface area contributed by atoms with Crippen LogP contribution in [0.2, 0.25) is 0 Å². The molecule has 1 fully saturated rings. The Balaban J connectivity index is 1.50. The van der Waals surface area contributed by atoms with Crippen molar-refractivity contribution in [1.29, 1.82) is 0 Å². The van der Waals surface area contributed by atoms with Crippen molar-refractivity contribution in [2.24, 2.45) is 0 Å². The summed E-state index contributed by atoms with van der Waals surface area (Å²) in [5.74, 6) is 0.795. The lowest BCUT2D eigenvalue weighted by atomic mass is 9.97. The van der Waals surface area contributed by atoms with Crippen LogP contribution >= 0.6 is 0 Å². The van der Waals surface area contributed by atoms with Gasteiger partial charge in [-0.05, 0) is 65.8 Å². The number of aliphatic hydroxyl groups is 1. The third-order valence-electron chi connectivity index (χ3n) is 7.15. The summed E-state index contributed by atoms with van der Waals surface area (Å²) in [7, 11) is 1.63. The van der Waals surface area contributed by atoms with Gasteiger partial charge < -0.3 is 25.4 Å². The maximum absolute atomic E-state index is 13.6. The lowest BCUT2D eigenvalue weighted by Gasteiger charge is -2.26. The summed E-state index contributed by atoms with van der Waals surface area (Å²) in [5, 5.41) is 17.6. The molecule has 0 unspecified atom stereocenters. The number of methoxy groups -OCH3 is 1. The topological polar surface area (TPSA) is 90.9 Å². The maximum atomic E-state index is 13.6. The number of aliphatic hydroxyl groups excluding tert-OH is 1. The average Bonchev–Trinajstić information content (AvgIpc) is 3.38. The van der Waals surface area contributed by atoms with Crippen LogP contribution in [-0.2, 0) is 17.8 Å². The molecule has 3 aromatic rings. The molecule has 3 aromatic carbocycles. The highest BCUT2D eigenvalue weighted by atomic mass is 16.5. The summed E-state index contributed by atoms with van der Waals surface area (Å²) in [6.07, 6.45) is 1.00. The Morgan fingerprint density at radius 3 is 2.49 bits per heavy atom. The zero-order chi connectivity index (χ0) is 27.8. The molecular formula is C32H39N3O4. The van der Waals surface area contributed by atoms with Crippen LogP contribution in [0.5, 0.6) is 5.75 Å². The molecule has 39 heavy (non-hydrogen) atoms. The van der Waals surface area contributed by atoms with E-state index >= 15 is 0 Å². The van der Waals surface area contributed by atoms with Gasteiger partial charge in [0.05, 0.1) is 19.3 Å². The lowest BCUT2D eigenvalue weighted by Crippen LogP contribution is -2.48. The van der Waals surface area contributed by atoms with Gasteiger partial charge in [-0.3, -0.25) is 9.59 Å². The molecule has 2 amide bonds. The minimum absolute atomic E-state index is 0.0850. The molecule has 206 valence electrons. The van der Waals surface area contributed by atoms with Gasteiger partial charge in [-0.2, -0.15) is 0 Å². The van der Waals surface area contributed by atoms with E-state index in [1.54, 1.807) is 18.1 Å². The van der Waals surface area contributed by atoms with Crippen LogP contribution < -0.4 is 20.3 Å². The average molecular weight is 530 g/mol. The molecule has 1 aliphatic rings. The van der Waals surface area contributed by atoms with E-state index in [2.05, 4.69) is 24.5 Å². The first-order valence-corrected chi connectivity index (χ1v) is 13.7. The van der Waals surface area contributed by atoms with Crippen molar-refractivity contribution in [1.82, 2.24) is 10.6 Å². The summed E-state index contributed by atoms with van der Waals surface area (Å²) < 4.78 is 5.30. The zero-order valence-corrected chi connectivity index (χ0v) is 23.0. The summed E-state index contributed by atoms with van der Waals surface area (Å²) in [6, 6.07) is 22.8. The molecule has 0 radical (unpaired) electrons. The number of hydrogen-bond acceptors (Lipinski definition) is 5. The summed E-state index contributed by atoms with van der Waals surface area (Å²) in [6.45, 7) is 5.67. The van der Waals surface area contributed by atoms with Gasteiger partial charge in [-0.1, -0.05) is 56.3 Å². The van der Waals surface area contributed by atoms with Crippen LogP contribution in [0.4, 0.5) is 5.69 Å². The number of anilines is 1. The van der Waals surface area contributed by atoms with Gasteiger partial charge in [0.1, 0.15) is 5.75 Å². The molecule has 0 spiro atoms. The maximum Gasteiger partial charge on any atom is 0.251 e. The second-order valence-corrected chi connectivity index (χ2v) is 10.4. The molecule has 2 atom stereocenters. The van der Waals surface area contributed by atoms with Gasteiger partial charge in [0.25, 0.3) is 5.91 Å². The molecular weight excluding hydrogens is 490 g/mol. The number of rotatable bonds is 12. The van der Waals surface area contributed by atoms with Crippen LogP contribution in [0, 0.1) is 0 Å². The zero-order valence-electron chi connectivity index (χ0n) is 23.0. The minimum atomic E-state index is -0.826. The molecule has 4 rings (SSSR count). The van der Waals surface area contributed by atoms with E-state index in [0.29, 0.717) is 38.0 Å². The second-order valence-electron chi connectivity index (χ2n) is 10.4. The van der Waals surface area contributed by atoms with Crippen LogP contribution in [0.3, 0.4) is 0 Å². The van der Waals surface area contributed by atoms with Crippen LogP contribution in [0.1, 0.15) is 59.7 Å². The van der Waals surface area contributed by atoms with E-state index in [0.717, 1.165) is 34.5 Å². The summed E-state index contributed by atoms with van der Waals surface area (Å²) >= 11 is 0. The monoisotopic (exact) mass is 529 g/mol. The standard InChI is InChI=1S/C32H39N3O4/c1-22(2)25-17-26(19-27(18-25)35-14-8-13-31(35)37)32(38)34-29(16-23-9-5-4-6-10-23)30(36)21-33-20-24-11-7-12-28(15-24)39-3/h4-7,9-12,15,17-19,22,29-30,33,36H,8,13-14,16,20-21H2,1-3H3,(H,34,38)/t29-,30-/m0/s1. The van der Waals surface area contributed by atoms with Gasteiger partial charge in [0, 0.05) is 37.3 Å². The smallest absolute Gasteiger partial charge is 0.251 e. The first-order chi connectivity index (χ1) is 18.8. The van der Waals surface area contributed by atoms with E-state index < -0.39 is 12.1 Å². The fraction of sp³-hybridized carbons (Fsp3) is 0.375. The second kappa shape index (κ2) is 13.4. The number of carbonyl (C=O) groups is 2. The Labute approximate surface area is 231 Å². The summed E-state index contributed by atoms with van der Waals surface area (Å²) in [4.78, 5) is 27.8. The molecule has 7 nitrogen and oxygen atoms in total. The molecule has 3 N–H and O–H groups in total. The number of hydrogen-bond donors (Lipinski definition) is 3. The van der Waals surface area contributed by atoms with Crippen LogP contribution in [-0.4, -0.2) is 49.3 Å². The first-order valence-electron chi connectivity index (χ1n) is 13.7. The highest BCUT2D eigenvalue weighted by molar-refractivity contribution is 5.99. The molecule has 1 heterocycles. The van der Waals surface area contributed by atoms with E-state index in [-0.39, 0.29) is 17.7 Å². The molecule has 7 heteroatoms. The molecule has 1 saturated heterocycles. The van der Waals surface area contributed by atoms with Crippen molar-refractivity contribution in [3.05, 3.63) is 95.1 Å². The third-order valence-corrected chi connectivity index (χ3v) is 7.15. The van der Waals surface area contributed by atoms with Gasteiger partial charge in [-0.15, -0.1) is 0 Å². The molecule has 0 aromatic heterocycles. The number of nitrogens with one attached hydrogen (secondary N) is 2. The number of nitrogens with zero attached hydrogens (tertiary/aromatic N) is 1. The predicted octanol–water partition coefficient (Wildman–Crippen LogP) is 4.44. The largest absolute Gasteiger partial charge is 0.497 e. The number of carbonyl (C=O) groups excluding carboxylic acids is 2. The van der Waals surface area contributed by atoms with Gasteiger partial charge in [0.15, 0.2) is 0 Å². The Morgan fingerprint density at radius 2 is 1.79 bits per heavy atom. The Morgan fingerprint density at radius 1 is 1.03 bits per heavy atom. The molecule has 0 aliphatic carbocycles. The normalized spacial score (nSPS) is 14.9. The molecule has 0 saturated carbocycles. The van der Waals surface area contributed by atoms with Crippen molar-refractivity contribution >= 4 is 17.5 Å². The number of ether oxygens (including phenoxy) is 1. The highest BCUT2D eigenvalue weighted by Gasteiger charge is 2.26. The van der Waals surface area contributed by atoms with Crippen LogP contribution in [0.25, 0.3) is 0 Å². The van der Waals surface area contributed by atoms with Crippen LogP contribution in [0.15, 0.2) is 72.8 Å².